The van der Waals surface area contributed by atoms with Gasteiger partial charge in [-0.1, -0.05) is 36.8 Å². The molecule has 136 valence electrons. The first-order valence-electron chi connectivity index (χ1n) is 9.58. The molecule has 3 heterocycles. The number of carbonyl (C=O) groups is 1. The Morgan fingerprint density at radius 1 is 1.12 bits per heavy atom. The van der Waals surface area contributed by atoms with E-state index in [1.54, 1.807) is 19.4 Å². The fourth-order valence-corrected chi connectivity index (χ4v) is 4.60. The number of fused-ring (bicyclic) bond motifs is 2. The van der Waals surface area contributed by atoms with Crippen molar-refractivity contribution >= 4 is 5.78 Å². The number of hydrogen-bond donors (Lipinski definition) is 0. The van der Waals surface area contributed by atoms with Crippen molar-refractivity contribution < 1.29 is 9.53 Å². The Morgan fingerprint density at radius 2 is 1.85 bits per heavy atom. The number of methoxy groups -OCH3 is 1. The first-order chi connectivity index (χ1) is 12.7. The zero-order chi connectivity index (χ0) is 17.9. The Bertz CT molecular complexity index is 730. The van der Waals surface area contributed by atoms with Crippen LogP contribution in [-0.4, -0.2) is 34.9 Å². The topological polar surface area (TPSA) is 42.4 Å². The molecule has 2 fully saturated rings. The molecule has 26 heavy (non-hydrogen) atoms. The lowest BCUT2D eigenvalue weighted by atomic mass is 9.76. The van der Waals surface area contributed by atoms with Crippen LogP contribution in [0.1, 0.15) is 48.2 Å². The second-order valence-corrected chi connectivity index (χ2v) is 7.51. The van der Waals surface area contributed by atoms with Crippen LogP contribution in [0.4, 0.5) is 0 Å². The number of aromatic nitrogens is 1. The Kier molecular flexibility index (Phi) is 5.02. The molecule has 2 bridgehead atoms. The fraction of sp³-hybridized carbons (Fsp3) is 0.455. The number of ether oxygens (including phenoxy) is 1. The summed E-state index contributed by atoms with van der Waals surface area (Å²) in [4.78, 5) is 19.9. The minimum atomic E-state index is 0.0956. The maximum absolute atomic E-state index is 13.0. The molecule has 4 rings (SSSR count). The van der Waals surface area contributed by atoms with Crippen LogP contribution >= 0.6 is 0 Å². The van der Waals surface area contributed by atoms with Gasteiger partial charge < -0.3 is 4.74 Å². The van der Waals surface area contributed by atoms with Crippen molar-refractivity contribution in [1.29, 1.82) is 0 Å². The van der Waals surface area contributed by atoms with Gasteiger partial charge >= 0.3 is 0 Å². The van der Waals surface area contributed by atoms with E-state index in [2.05, 4.69) is 40.2 Å². The number of piperidine rings is 2. The van der Waals surface area contributed by atoms with Crippen LogP contribution in [0.5, 0.6) is 5.75 Å². The quantitative estimate of drug-likeness (QED) is 0.761. The van der Waals surface area contributed by atoms with Crippen molar-refractivity contribution in [3.8, 4) is 5.75 Å². The Balaban J connectivity index is 1.47. The summed E-state index contributed by atoms with van der Waals surface area (Å²) in [6.45, 7) is 0.998. The van der Waals surface area contributed by atoms with Crippen molar-refractivity contribution in [2.24, 2.45) is 5.92 Å². The van der Waals surface area contributed by atoms with Crippen LogP contribution in [0.3, 0.4) is 0 Å². The lowest BCUT2D eigenvalue weighted by Gasteiger charge is -2.48. The van der Waals surface area contributed by atoms with Crippen LogP contribution in [-0.2, 0) is 6.54 Å². The van der Waals surface area contributed by atoms with Gasteiger partial charge in [-0.25, -0.2) is 4.98 Å². The lowest BCUT2D eigenvalue weighted by Crippen LogP contribution is -2.52. The number of pyridine rings is 1. The molecule has 2 unspecified atom stereocenters. The van der Waals surface area contributed by atoms with E-state index in [0.29, 0.717) is 23.5 Å². The zero-order valence-electron chi connectivity index (χ0n) is 15.3. The smallest absolute Gasteiger partial charge is 0.184 e. The summed E-state index contributed by atoms with van der Waals surface area (Å²) in [5.74, 6) is 0.984. The summed E-state index contributed by atoms with van der Waals surface area (Å²) in [7, 11) is 1.61. The molecule has 0 saturated carbocycles. The summed E-state index contributed by atoms with van der Waals surface area (Å²) in [6, 6.07) is 15.3. The van der Waals surface area contributed by atoms with Crippen LogP contribution < -0.4 is 4.74 Å². The van der Waals surface area contributed by atoms with Gasteiger partial charge in [0.2, 0.25) is 0 Å². The van der Waals surface area contributed by atoms with E-state index < -0.39 is 0 Å². The molecule has 0 radical (unpaired) electrons. The molecule has 2 aliphatic heterocycles. The number of hydrogen-bond acceptors (Lipinski definition) is 4. The van der Waals surface area contributed by atoms with Gasteiger partial charge in [0.25, 0.3) is 0 Å². The highest BCUT2D eigenvalue weighted by Crippen LogP contribution is 2.39. The minimum Gasteiger partial charge on any atom is -0.495 e. The second kappa shape index (κ2) is 7.58. The number of rotatable bonds is 5. The molecule has 4 nitrogen and oxygen atoms in total. The van der Waals surface area contributed by atoms with Gasteiger partial charge in [0.05, 0.1) is 13.3 Å². The van der Waals surface area contributed by atoms with Crippen LogP contribution in [0.25, 0.3) is 0 Å². The molecule has 1 aromatic carbocycles. The monoisotopic (exact) mass is 350 g/mol. The van der Waals surface area contributed by atoms with Crippen LogP contribution in [0, 0.1) is 5.92 Å². The van der Waals surface area contributed by atoms with Gasteiger partial charge in [-0.05, 0) is 43.4 Å². The molecular formula is C22H26N2O2. The van der Waals surface area contributed by atoms with Crippen molar-refractivity contribution in [3.05, 3.63) is 59.9 Å². The van der Waals surface area contributed by atoms with Crippen LogP contribution in [0.2, 0.25) is 0 Å². The van der Waals surface area contributed by atoms with Gasteiger partial charge in [-0.3, -0.25) is 9.69 Å². The van der Waals surface area contributed by atoms with E-state index in [0.717, 1.165) is 19.4 Å². The lowest BCUT2D eigenvalue weighted by molar-refractivity contribution is 0.00891. The van der Waals surface area contributed by atoms with Gasteiger partial charge in [0.15, 0.2) is 5.78 Å². The molecule has 2 aliphatic rings. The SMILES string of the molecule is COc1ccc(C(=O)C2CC3CCCC(C2)N3Cc2ccccc2)nc1. The van der Waals surface area contributed by atoms with E-state index in [4.69, 9.17) is 4.74 Å². The largest absolute Gasteiger partial charge is 0.495 e. The Hall–Kier alpha value is -2.20. The molecule has 0 N–H and O–H groups in total. The van der Waals surface area contributed by atoms with E-state index in [-0.39, 0.29) is 11.7 Å². The first-order valence-corrected chi connectivity index (χ1v) is 9.58. The number of carbonyl (C=O) groups excluding carboxylic acids is 1. The van der Waals surface area contributed by atoms with Gasteiger partial charge in [0, 0.05) is 24.5 Å². The van der Waals surface area contributed by atoms with E-state index in [9.17, 15) is 4.79 Å². The molecule has 0 aliphatic carbocycles. The maximum atomic E-state index is 13.0. The summed E-state index contributed by atoms with van der Waals surface area (Å²) in [5.41, 5.74) is 1.94. The van der Waals surface area contributed by atoms with E-state index in [1.165, 1.54) is 24.8 Å². The van der Waals surface area contributed by atoms with Crippen molar-refractivity contribution in [2.45, 2.75) is 50.7 Å². The van der Waals surface area contributed by atoms with E-state index >= 15 is 0 Å². The third kappa shape index (κ3) is 3.51. The molecular weight excluding hydrogens is 324 g/mol. The number of benzene rings is 1. The molecule has 0 spiro atoms. The third-order valence-corrected chi connectivity index (χ3v) is 5.93. The fourth-order valence-electron chi connectivity index (χ4n) is 4.60. The highest BCUT2D eigenvalue weighted by molar-refractivity contribution is 5.96. The normalized spacial score (nSPS) is 25.7. The number of nitrogens with zero attached hydrogens (tertiary/aromatic N) is 2. The molecule has 0 amide bonds. The molecule has 2 aromatic rings. The van der Waals surface area contributed by atoms with Gasteiger partial charge in [-0.15, -0.1) is 0 Å². The Morgan fingerprint density at radius 3 is 2.46 bits per heavy atom. The Labute approximate surface area is 155 Å². The standard InChI is InChI=1S/C22H26N2O2/c1-26-20-10-11-21(23-14-20)22(25)17-12-18-8-5-9-19(13-17)24(18)15-16-6-3-2-4-7-16/h2-4,6-7,10-11,14,17-19H,5,8-9,12-13,15H2,1H3. The van der Waals surface area contributed by atoms with Gasteiger partial charge in [-0.2, -0.15) is 0 Å². The van der Waals surface area contributed by atoms with Gasteiger partial charge in [0.1, 0.15) is 11.4 Å². The summed E-state index contributed by atoms with van der Waals surface area (Å²) >= 11 is 0. The average molecular weight is 350 g/mol. The minimum absolute atomic E-state index is 0.0956. The zero-order valence-corrected chi connectivity index (χ0v) is 15.3. The average Bonchev–Trinajstić information content (AvgIpc) is 2.68. The number of Topliss-reactive ketones (excluding diaryl/α,β-unsaturated/α-hetero) is 1. The highest BCUT2D eigenvalue weighted by Gasteiger charge is 2.40. The molecule has 1 aromatic heterocycles. The summed E-state index contributed by atoms with van der Waals surface area (Å²) in [5, 5.41) is 0. The first kappa shape index (κ1) is 17.2. The third-order valence-electron chi connectivity index (χ3n) is 5.93. The molecule has 4 heteroatoms. The predicted molar refractivity (Wildman–Crippen MR) is 101 cm³/mol. The van der Waals surface area contributed by atoms with Crippen molar-refractivity contribution in [2.75, 3.05) is 7.11 Å². The van der Waals surface area contributed by atoms with Crippen molar-refractivity contribution in [1.82, 2.24) is 9.88 Å². The molecule has 2 atom stereocenters. The number of ketones is 1. The van der Waals surface area contributed by atoms with Crippen molar-refractivity contribution in [3.63, 3.8) is 0 Å². The van der Waals surface area contributed by atoms with E-state index in [1.807, 2.05) is 6.07 Å². The highest BCUT2D eigenvalue weighted by atomic mass is 16.5. The van der Waals surface area contributed by atoms with Crippen LogP contribution in [0.15, 0.2) is 48.7 Å². The molecule has 2 saturated heterocycles. The maximum Gasteiger partial charge on any atom is 0.184 e. The summed E-state index contributed by atoms with van der Waals surface area (Å²) in [6.07, 6.45) is 7.22. The predicted octanol–water partition coefficient (Wildman–Crippen LogP) is 4.11. The second-order valence-electron chi connectivity index (χ2n) is 7.51. The summed E-state index contributed by atoms with van der Waals surface area (Å²) < 4.78 is 5.15.